The zero-order valence-corrected chi connectivity index (χ0v) is 10.5. The lowest BCUT2D eigenvalue weighted by molar-refractivity contribution is 0.521. The Balaban J connectivity index is 2.53. The SMILES string of the molecule is CC(C)Cn1c(-c2cc[nH]c(=O)c2)n[nH]c1=S. The van der Waals surface area contributed by atoms with Crippen LogP contribution >= 0.6 is 12.2 Å². The highest BCUT2D eigenvalue weighted by molar-refractivity contribution is 7.71. The number of aromatic amines is 2. The van der Waals surface area contributed by atoms with Gasteiger partial charge in [-0.25, -0.2) is 0 Å². The van der Waals surface area contributed by atoms with Gasteiger partial charge in [-0.05, 0) is 24.2 Å². The summed E-state index contributed by atoms with van der Waals surface area (Å²) in [7, 11) is 0. The van der Waals surface area contributed by atoms with Crippen molar-refractivity contribution in [1.29, 1.82) is 0 Å². The highest BCUT2D eigenvalue weighted by Crippen LogP contribution is 2.16. The quantitative estimate of drug-likeness (QED) is 0.818. The molecule has 2 rings (SSSR count). The third-order valence-electron chi connectivity index (χ3n) is 2.34. The van der Waals surface area contributed by atoms with Crippen molar-refractivity contribution in [1.82, 2.24) is 19.7 Å². The minimum atomic E-state index is -0.146. The molecule has 0 aliphatic heterocycles. The topological polar surface area (TPSA) is 66.5 Å². The van der Waals surface area contributed by atoms with Crippen LogP contribution in [0.3, 0.4) is 0 Å². The van der Waals surface area contributed by atoms with Crippen LogP contribution in [-0.2, 0) is 6.54 Å². The lowest BCUT2D eigenvalue weighted by Gasteiger charge is -2.08. The number of nitrogens with one attached hydrogen (secondary N) is 2. The lowest BCUT2D eigenvalue weighted by Crippen LogP contribution is -2.08. The number of rotatable bonds is 3. The fourth-order valence-electron chi connectivity index (χ4n) is 1.66. The van der Waals surface area contributed by atoms with Crippen LogP contribution in [0.2, 0.25) is 0 Å². The Hall–Kier alpha value is -1.69. The van der Waals surface area contributed by atoms with E-state index in [0.717, 1.165) is 12.1 Å². The molecule has 0 unspecified atom stereocenters. The van der Waals surface area contributed by atoms with Crippen LogP contribution < -0.4 is 5.56 Å². The summed E-state index contributed by atoms with van der Waals surface area (Å²) in [6.45, 7) is 4.99. The Morgan fingerprint density at radius 1 is 1.53 bits per heavy atom. The van der Waals surface area contributed by atoms with Gasteiger partial charge in [-0.2, -0.15) is 5.10 Å². The molecule has 0 atom stereocenters. The van der Waals surface area contributed by atoms with E-state index in [9.17, 15) is 4.79 Å². The fraction of sp³-hybridized carbons (Fsp3) is 0.364. The van der Waals surface area contributed by atoms with Crippen LogP contribution in [-0.4, -0.2) is 19.7 Å². The van der Waals surface area contributed by atoms with Crippen molar-refractivity contribution in [2.75, 3.05) is 0 Å². The van der Waals surface area contributed by atoms with E-state index in [-0.39, 0.29) is 5.56 Å². The molecular formula is C11H14N4OS. The first-order valence-electron chi connectivity index (χ1n) is 5.42. The van der Waals surface area contributed by atoms with Crippen molar-refractivity contribution in [3.8, 4) is 11.4 Å². The zero-order chi connectivity index (χ0) is 12.4. The molecule has 2 heterocycles. The maximum Gasteiger partial charge on any atom is 0.248 e. The first-order chi connectivity index (χ1) is 8.08. The van der Waals surface area contributed by atoms with Gasteiger partial charge in [-0.15, -0.1) is 0 Å². The van der Waals surface area contributed by atoms with Gasteiger partial charge in [-0.1, -0.05) is 13.8 Å². The highest BCUT2D eigenvalue weighted by atomic mass is 32.1. The van der Waals surface area contributed by atoms with Crippen LogP contribution in [0.4, 0.5) is 0 Å². The van der Waals surface area contributed by atoms with E-state index in [0.29, 0.717) is 16.5 Å². The van der Waals surface area contributed by atoms with Crippen molar-refractivity contribution < 1.29 is 0 Å². The van der Waals surface area contributed by atoms with E-state index in [2.05, 4.69) is 29.0 Å². The van der Waals surface area contributed by atoms with E-state index < -0.39 is 0 Å². The number of hydrogen-bond acceptors (Lipinski definition) is 3. The van der Waals surface area contributed by atoms with Gasteiger partial charge < -0.3 is 4.98 Å². The van der Waals surface area contributed by atoms with Gasteiger partial charge in [0.15, 0.2) is 10.6 Å². The second-order valence-corrected chi connectivity index (χ2v) is 4.69. The molecule has 17 heavy (non-hydrogen) atoms. The molecule has 0 amide bonds. The predicted octanol–water partition coefficient (Wildman–Crippen LogP) is 1.95. The summed E-state index contributed by atoms with van der Waals surface area (Å²) in [5.74, 6) is 1.16. The lowest BCUT2D eigenvalue weighted by atomic mass is 10.2. The third-order valence-corrected chi connectivity index (χ3v) is 2.65. The van der Waals surface area contributed by atoms with Gasteiger partial charge in [0.2, 0.25) is 5.56 Å². The molecule has 0 aromatic carbocycles. The van der Waals surface area contributed by atoms with Crippen LogP contribution in [0.15, 0.2) is 23.1 Å². The van der Waals surface area contributed by atoms with Gasteiger partial charge in [0.25, 0.3) is 0 Å². The van der Waals surface area contributed by atoms with Gasteiger partial charge in [-0.3, -0.25) is 14.5 Å². The molecule has 0 radical (unpaired) electrons. The number of hydrogen-bond donors (Lipinski definition) is 2. The van der Waals surface area contributed by atoms with Crippen molar-refractivity contribution in [3.63, 3.8) is 0 Å². The average molecular weight is 250 g/mol. The van der Waals surface area contributed by atoms with Gasteiger partial charge >= 0.3 is 0 Å². The first-order valence-corrected chi connectivity index (χ1v) is 5.83. The molecule has 0 aliphatic rings. The maximum atomic E-state index is 11.3. The van der Waals surface area contributed by atoms with Crippen molar-refractivity contribution >= 4 is 12.2 Å². The Morgan fingerprint density at radius 3 is 2.94 bits per heavy atom. The molecule has 2 aromatic rings. The number of nitrogens with zero attached hydrogens (tertiary/aromatic N) is 2. The van der Waals surface area contributed by atoms with E-state index >= 15 is 0 Å². The average Bonchev–Trinajstić information content (AvgIpc) is 2.60. The Kier molecular flexibility index (Phi) is 3.23. The Labute approximate surface area is 104 Å². The minimum Gasteiger partial charge on any atom is -0.329 e. The highest BCUT2D eigenvalue weighted by Gasteiger charge is 2.10. The van der Waals surface area contributed by atoms with E-state index in [1.165, 1.54) is 6.07 Å². The van der Waals surface area contributed by atoms with Crippen LogP contribution in [0, 0.1) is 10.7 Å². The van der Waals surface area contributed by atoms with Crippen LogP contribution in [0.1, 0.15) is 13.8 Å². The van der Waals surface area contributed by atoms with Crippen molar-refractivity contribution in [3.05, 3.63) is 33.5 Å². The Morgan fingerprint density at radius 2 is 2.29 bits per heavy atom. The molecular weight excluding hydrogens is 236 g/mol. The third kappa shape index (κ3) is 2.52. The monoisotopic (exact) mass is 250 g/mol. The summed E-state index contributed by atoms with van der Waals surface area (Å²) >= 11 is 5.18. The summed E-state index contributed by atoms with van der Waals surface area (Å²) in [6, 6.07) is 3.32. The molecule has 6 heteroatoms. The minimum absolute atomic E-state index is 0.146. The molecule has 0 saturated carbocycles. The van der Waals surface area contributed by atoms with Crippen LogP contribution in [0.5, 0.6) is 0 Å². The van der Waals surface area contributed by atoms with Gasteiger partial charge in [0, 0.05) is 24.4 Å². The zero-order valence-electron chi connectivity index (χ0n) is 9.73. The first kappa shape index (κ1) is 11.8. The molecule has 0 spiro atoms. The van der Waals surface area contributed by atoms with E-state index in [1.54, 1.807) is 6.20 Å². The fourth-order valence-corrected chi connectivity index (χ4v) is 1.86. The number of pyridine rings is 1. The molecule has 0 fully saturated rings. The van der Waals surface area contributed by atoms with Gasteiger partial charge in [0.05, 0.1) is 0 Å². The largest absolute Gasteiger partial charge is 0.329 e. The molecule has 90 valence electrons. The number of H-pyrrole nitrogens is 2. The normalized spacial score (nSPS) is 11.0. The standard InChI is InChI=1S/C11H14N4OS/c1-7(2)6-15-10(13-14-11(15)17)8-3-4-12-9(16)5-8/h3-5,7H,6H2,1-2H3,(H,12,16)(H,14,17). The summed E-state index contributed by atoms with van der Waals surface area (Å²) in [5, 5.41) is 6.94. The van der Waals surface area contributed by atoms with Crippen molar-refractivity contribution in [2.45, 2.75) is 20.4 Å². The summed E-state index contributed by atoms with van der Waals surface area (Å²) in [5.41, 5.74) is 0.620. The Bertz CT molecular complexity index is 623. The second kappa shape index (κ2) is 4.67. The van der Waals surface area contributed by atoms with E-state index in [4.69, 9.17) is 12.2 Å². The van der Waals surface area contributed by atoms with E-state index in [1.807, 2.05) is 10.6 Å². The second-order valence-electron chi connectivity index (χ2n) is 4.30. The van der Waals surface area contributed by atoms with Crippen molar-refractivity contribution in [2.24, 2.45) is 5.92 Å². The summed E-state index contributed by atoms with van der Waals surface area (Å²) in [6.07, 6.45) is 1.61. The smallest absolute Gasteiger partial charge is 0.248 e. The molecule has 0 aliphatic carbocycles. The van der Waals surface area contributed by atoms with Gasteiger partial charge in [0.1, 0.15) is 0 Å². The predicted molar refractivity (Wildman–Crippen MR) is 68.3 cm³/mol. The maximum absolute atomic E-state index is 11.3. The molecule has 5 nitrogen and oxygen atoms in total. The molecule has 2 aromatic heterocycles. The molecule has 0 bridgehead atoms. The van der Waals surface area contributed by atoms with Crippen LogP contribution in [0.25, 0.3) is 11.4 Å². The molecule has 0 saturated heterocycles. The summed E-state index contributed by atoms with van der Waals surface area (Å²) < 4.78 is 2.49. The number of aromatic nitrogens is 4. The molecule has 2 N–H and O–H groups in total. The summed E-state index contributed by atoms with van der Waals surface area (Å²) in [4.78, 5) is 13.9.